The molecule has 3 aliphatic rings. The number of aliphatic hydroxyl groups excluding tert-OH is 10. The topological polar surface area (TPSA) is 258 Å². The maximum atomic E-state index is 10.8. The van der Waals surface area contributed by atoms with Crippen LogP contribution in [0, 0.1) is 0 Å². The van der Waals surface area contributed by atoms with Crippen LogP contribution in [0.15, 0.2) is 0 Å². The standard InChI is InChI=1S/C19H34O16/c1-30-17-13(28)11(26)15(7(4-22)33-17)34-19-14(29)16(9(24)6(3-21)32-19)35-18-12(27)10(25)8(23)5(2-20)31-18/h5-29H,2-4H2,1H3/t5?,6-,7?,8+,9-,10?,11?,12-,13-,14?,15+,16?,17-,18+,19-/m1/s1. The molecule has 0 aliphatic carbocycles. The summed E-state index contributed by atoms with van der Waals surface area (Å²) in [6.45, 7) is -2.22. The molecule has 3 rings (SSSR count). The van der Waals surface area contributed by atoms with E-state index in [9.17, 15) is 51.1 Å². The highest BCUT2D eigenvalue weighted by atomic mass is 16.8. The van der Waals surface area contributed by atoms with Crippen molar-refractivity contribution in [3.8, 4) is 0 Å². The minimum Gasteiger partial charge on any atom is -0.394 e. The van der Waals surface area contributed by atoms with Gasteiger partial charge in [0.1, 0.15) is 73.2 Å². The Morgan fingerprint density at radius 1 is 0.486 bits per heavy atom. The summed E-state index contributed by atoms with van der Waals surface area (Å²) in [5.41, 5.74) is 0. The van der Waals surface area contributed by atoms with E-state index in [4.69, 9.17) is 28.4 Å². The third-order valence-corrected chi connectivity index (χ3v) is 6.31. The fourth-order valence-corrected chi connectivity index (χ4v) is 4.23. The van der Waals surface area contributed by atoms with Crippen LogP contribution in [-0.2, 0) is 28.4 Å². The van der Waals surface area contributed by atoms with E-state index in [1.807, 2.05) is 0 Å². The summed E-state index contributed by atoms with van der Waals surface area (Å²) in [5.74, 6) is 0. The minimum absolute atomic E-state index is 0.687. The van der Waals surface area contributed by atoms with Crippen molar-refractivity contribution >= 4 is 0 Å². The third-order valence-electron chi connectivity index (χ3n) is 6.31. The molecule has 0 amide bonds. The molecule has 3 aliphatic heterocycles. The van der Waals surface area contributed by atoms with Crippen molar-refractivity contribution in [3.05, 3.63) is 0 Å². The molecule has 3 saturated heterocycles. The monoisotopic (exact) mass is 518 g/mol. The smallest absolute Gasteiger partial charge is 0.187 e. The van der Waals surface area contributed by atoms with E-state index >= 15 is 0 Å². The summed E-state index contributed by atoms with van der Waals surface area (Å²) in [7, 11) is 1.21. The Bertz CT molecular complexity index is 652. The molecule has 0 aromatic heterocycles. The van der Waals surface area contributed by atoms with Gasteiger partial charge in [0.25, 0.3) is 0 Å². The van der Waals surface area contributed by atoms with Crippen molar-refractivity contribution in [1.82, 2.24) is 0 Å². The van der Waals surface area contributed by atoms with E-state index in [0.29, 0.717) is 0 Å². The molecule has 3 fully saturated rings. The zero-order valence-electron chi connectivity index (χ0n) is 18.7. The Labute approximate surface area is 199 Å². The molecule has 0 bridgehead atoms. The average molecular weight is 518 g/mol. The van der Waals surface area contributed by atoms with Gasteiger partial charge in [-0.1, -0.05) is 0 Å². The van der Waals surface area contributed by atoms with Gasteiger partial charge in [0.2, 0.25) is 0 Å². The van der Waals surface area contributed by atoms with Crippen molar-refractivity contribution in [3.63, 3.8) is 0 Å². The summed E-state index contributed by atoms with van der Waals surface area (Å²) >= 11 is 0. The molecule has 3 heterocycles. The largest absolute Gasteiger partial charge is 0.394 e. The number of hydrogen-bond acceptors (Lipinski definition) is 16. The van der Waals surface area contributed by atoms with Crippen LogP contribution in [0.3, 0.4) is 0 Å². The minimum atomic E-state index is -1.87. The van der Waals surface area contributed by atoms with Crippen LogP contribution >= 0.6 is 0 Å². The first kappa shape index (κ1) is 28.9. The first-order chi connectivity index (χ1) is 16.6. The normalized spacial score (nSPS) is 51.3. The predicted octanol–water partition coefficient (Wildman–Crippen LogP) is -6.92. The summed E-state index contributed by atoms with van der Waals surface area (Å²) < 4.78 is 31.9. The molecule has 15 atom stereocenters. The van der Waals surface area contributed by atoms with Crippen molar-refractivity contribution in [2.24, 2.45) is 0 Å². The van der Waals surface area contributed by atoms with Crippen LogP contribution in [-0.4, -0.2) is 170 Å². The molecule has 6 unspecified atom stereocenters. The molecule has 16 heteroatoms. The second kappa shape index (κ2) is 12.3. The first-order valence-electron chi connectivity index (χ1n) is 11.0. The van der Waals surface area contributed by atoms with Gasteiger partial charge in [-0.25, -0.2) is 0 Å². The van der Waals surface area contributed by atoms with Crippen molar-refractivity contribution in [1.29, 1.82) is 0 Å². The fraction of sp³-hybridized carbons (Fsp3) is 1.00. The summed E-state index contributed by atoms with van der Waals surface area (Å²) in [6.07, 6.45) is -24.1. The molecular weight excluding hydrogens is 484 g/mol. The number of hydrogen-bond donors (Lipinski definition) is 10. The summed E-state index contributed by atoms with van der Waals surface area (Å²) in [6, 6.07) is 0. The highest BCUT2D eigenvalue weighted by Gasteiger charge is 2.53. The molecule has 35 heavy (non-hydrogen) atoms. The number of methoxy groups -OCH3 is 1. The van der Waals surface area contributed by atoms with Crippen LogP contribution in [0.25, 0.3) is 0 Å². The van der Waals surface area contributed by atoms with Crippen molar-refractivity contribution in [2.75, 3.05) is 26.9 Å². The lowest BCUT2D eigenvalue weighted by Crippen LogP contribution is -2.66. The summed E-state index contributed by atoms with van der Waals surface area (Å²) in [5, 5.41) is 101. The van der Waals surface area contributed by atoms with Gasteiger partial charge >= 0.3 is 0 Å². The fourth-order valence-electron chi connectivity index (χ4n) is 4.23. The molecule has 0 saturated carbocycles. The van der Waals surface area contributed by atoms with Gasteiger partial charge in [-0.15, -0.1) is 0 Å². The van der Waals surface area contributed by atoms with Crippen LogP contribution in [0.4, 0.5) is 0 Å². The lowest BCUT2D eigenvalue weighted by Gasteiger charge is -2.48. The molecule has 10 N–H and O–H groups in total. The Hall–Kier alpha value is -0.640. The van der Waals surface area contributed by atoms with Gasteiger partial charge in [0.05, 0.1) is 19.8 Å². The van der Waals surface area contributed by atoms with E-state index in [-0.39, 0.29) is 0 Å². The number of aliphatic hydroxyl groups is 10. The Kier molecular flexibility index (Phi) is 10.1. The lowest BCUT2D eigenvalue weighted by molar-refractivity contribution is -0.379. The second-order valence-electron chi connectivity index (χ2n) is 8.55. The van der Waals surface area contributed by atoms with E-state index < -0.39 is 112 Å². The quantitative estimate of drug-likeness (QED) is 0.143. The maximum Gasteiger partial charge on any atom is 0.187 e. The molecule has 0 spiro atoms. The average Bonchev–Trinajstić information content (AvgIpc) is 2.86. The van der Waals surface area contributed by atoms with Gasteiger partial charge in [-0.2, -0.15) is 0 Å². The molecule has 0 radical (unpaired) electrons. The zero-order valence-corrected chi connectivity index (χ0v) is 18.7. The first-order valence-corrected chi connectivity index (χ1v) is 11.0. The van der Waals surface area contributed by atoms with Gasteiger partial charge in [-0.05, 0) is 0 Å². The van der Waals surface area contributed by atoms with Crippen LogP contribution in [0.1, 0.15) is 0 Å². The maximum absolute atomic E-state index is 10.8. The van der Waals surface area contributed by atoms with Crippen molar-refractivity contribution in [2.45, 2.75) is 92.1 Å². The van der Waals surface area contributed by atoms with Gasteiger partial charge < -0.3 is 79.5 Å². The molecule has 0 aromatic carbocycles. The predicted molar refractivity (Wildman–Crippen MR) is 106 cm³/mol. The van der Waals surface area contributed by atoms with E-state index in [0.717, 1.165) is 0 Å². The zero-order chi connectivity index (χ0) is 26.0. The van der Waals surface area contributed by atoms with E-state index in [1.54, 1.807) is 0 Å². The Morgan fingerprint density at radius 2 is 0.943 bits per heavy atom. The van der Waals surface area contributed by atoms with Crippen LogP contribution in [0.2, 0.25) is 0 Å². The molecule has 206 valence electrons. The number of ether oxygens (including phenoxy) is 6. The Morgan fingerprint density at radius 3 is 1.49 bits per heavy atom. The molecular formula is C19H34O16. The highest BCUT2D eigenvalue weighted by molar-refractivity contribution is 4.96. The van der Waals surface area contributed by atoms with Crippen LogP contribution in [0.5, 0.6) is 0 Å². The molecule has 16 nitrogen and oxygen atoms in total. The van der Waals surface area contributed by atoms with Crippen LogP contribution < -0.4 is 0 Å². The van der Waals surface area contributed by atoms with Gasteiger partial charge in [0.15, 0.2) is 18.9 Å². The second-order valence-corrected chi connectivity index (χ2v) is 8.55. The SMILES string of the molecule is CO[C@@H]1OC(CO)[C@H](O[C@H]2O[C@H](CO)[C@@H](O)C(O[C@@H]3OC(CO)[C@H](O)C(O)[C@H]3O)C2O)C(O)[C@H]1O. The molecule has 0 aromatic rings. The van der Waals surface area contributed by atoms with Gasteiger partial charge in [0, 0.05) is 7.11 Å². The van der Waals surface area contributed by atoms with Gasteiger partial charge in [-0.3, -0.25) is 0 Å². The highest BCUT2D eigenvalue weighted by Crippen LogP contribution is 2.32. The third kappa shape index (κ3) is 5.78. The van der Waals surface area contributed by atoms with Crippen molar-refractivity contribution < 1.29 is 79.5 Å². The van der Waals surface area contributed by atoms with E-state index in [1.165, 1.54) is 7.11 Å². The summed E-state index contributed by atoms with van der Waals surface area (Å²) in [4.78, 5) is 0. The van der Waals surface area contributed by atoms with E-state index in [2.05, 4.69) is 0 Å². The lowest BCUT2D eigenvalue weighted by atomic mass is 9.96. The number of rotatable bonds is 8. The Balaban J connectivity index is 1.78.